The maximum atomic E-state index is 12.1. The van der Waals surface area contributed by atoms with Crippen molar-refractivity contribution in [3.63, 3.8) is 0 Å². The second-order valence-electron chi connectivity index (χ2n) is 3.82. The number of anilines is 1. The minimum Gasteiger partial charge on any atom is -0.478 e. The van der Waals surface area contributed by atoms with Crippen molar-refractivity contribution in [2.75, 3.05) is 5.32 Å². The van der Waals surface area contributed by atoms with Gasteiger partial charge in [-0.25, -0.2) is 4.79 Å². The summed E-state index contributed by atoms with van der Waals surface area (Å²) < 4.78 is 0. The van der Waals surface area contributed by atoms with Crippen molar-refractivity contribution in [3.8, 4) is 0 Å². The molecular formula is C13H8Cl2N2O3. The number of benzene rings is 1. The summed E-state index contributed by atoms with van der Waals surface area (Å²) in [6.45, 7) is 0. The highest BCUT2D eigenvalue weighted by Crippen LogP contribution is 2.25. The Labute approximate surface area is 124 Å². The summed E-state index contributed by atoms with van der Waals surface area (Å²) >= 11 is 11.8. The number of hydrogen-bond acceptors (Lipinski definition) is 3. The lowest BCUT2D eigenvalue weighted by atomic mass is 10.2. The van der Waals surface area contributed by atoms with Gasteiger partial charge < -0.3 is 10.4 Å². The van der Waals surface area contributed by atoms with Gasteiger partial charge in [0.1, 0.15) is 0 Å². The molecule has 0 spiro atoms. The predicted octanol–water partition coefficient (Wildman–Crippen LogP) is 3.34. The Morgan fingerprint density at radius 3 is 2.40 bits per heavy atom. The van der Waals surface area contributed by atoms with E-state index < -0.39 is 11.9 Å². The van der Waals surface area contributed by atoms with Crippen molar-refractivity contribution in [2.24, 2.45) is 0 Å². The summed E-state index contributed by atoms with van der Waals surface area (Å²) in [5.74, 6) is -1.67. The van der Waals surface area contributed by atoms with Gasteiger partial charge in [-0.15, -0.1) is 0 Å². The Morgan fingerprint density at radius 2 is 1.80 bits per heavy atom. The molecule has 0 atom stereocenters. The fourth-order valence-electron chi connectivity index (χ4n) is 1.53. The van der Waals surface area contributed by atoms with Crippen LogP contribution in [0.1, 0.15) is 20.7 Å². The normalized spacial score (nSPS) is 10.1. The minimum atomic E-state index is -1.13. The number of carboxylic acid groups (broad SMARTS) is 1. The summed E-state index contributed by atoms with van der Waals surface area (Å²) in [5.41, 5.74) is 0.329. The van der Waals surface area contributed by atoms with E-state index in [2.05, 4.69) is 10.3 Å². The van der Waals surface area contributed by atoms with Gasteiger partial charge in [0.15, 0.2) is 0 Å². The summed E-state index contributed by atoms with van der Waals surface area (Å²) in [6.07, 6.45) is 2.51. The quantitative estimate of drug-likeness (QED) is 0.911. The maximum Gasteiger partial charge on any atom is 0.337 e. The molecule has 0 bridgehead atoms. The van der Waals surface area contributed by atoms with Crippen LogP contribution in [0.5, 0.6) is 0 Å². The van der Waals surface area contributed by atoms with Gasteiger partial charge in [-0.1, -0.05) is 29.3 Å². The van der Waals surface area contributed by atoms with Crippen LogP contribution in [0.4, 0.5) is 5.69 Å². The summed E-state index contributed by atoms with van der Waals surface area (Å²) in [4.78, 5) is 26.6. The number of rotatable bonds is 3. The zero-order valence-electron chi connectivity index (χ0n) is 9.93. The zero-order valence-corrected chi connectivity index (χ0v) is 11.4. The molecule has 0 unspecified atom stereocenters. The number of nitrogens with zero attached hydrogens (tertiary/aromatic N) is 1. The maximum absolute atomic E-state index is 12.1. The number of halogens is 2. The lowest BCUT2D eigenvalue weighted by Crippen LogP contribution is -2.14. The Balaban J connectivity index is 2.28. The van der Waals surface area contributed by atoms with E-state index in [-0.39, 0.29) is 26.9 Å². The molecule has 1 aromatic carbocycles. The van der Waals surface area contributed by atoms with Gasteiger partial charge in [-0.3, -0.25) is 9.78 Å². The SMILES string of the molecule is O=C(O)c1cncc(NC(=O)c2c(Cl)cccc2Cl)c1. The third-order valence-corrected chi connectivity index (χ3v) is 3.06. The van der Waals surface area contributed by atoms with Crippen LogP contribution in [0.2, 0.25) is 10.0 Å². The Hall–Kier alpha value is -2.11. The van der Waals surface area contributed by atoms with Gasteiger partial charge in [0.05, 0.1) is 33.1 Å². The van der Waals surface area contributed by atoms with Crippen LogP contribution in [0, 0.1) is 0 Å². The highest BCUT2D eigenvalue weighted by atomic mass is 35.5. The fraction of sp³-hybridized carbons (Fsp3) is 0. The van der Waals surface area contributed by atoms with Crippen LogP contribution in [-0.2, 0) is 0 Å². The van der Waals surface area contributed by atoms with Crippen molar-refractivity contribution in [2.45, 2.75) is 0 Å². The van der Waals surface area contributed by atoms with Crippen molar-refractivity contribution in [3.05, 3.63) is 57.8 Å². The van der Waals surface area contributed by atoms with Gasteiger partial charge in [0, 0.05) is 6.20 Å². The molecule has 1 heterocycles. The topological polar surface area (TPSA) is 79.3 Å². The van der Waals surface area contributed by atoms with E-state index in [0.29, 0.717) is 0 Å². The molecule has 2 aromatic rings. The molecule has 2 N–H and O–H groups in total. The van der Waals surface area contributed by atoms with Crippen LogP contribution in [-0.4, -0.2) is 22.0 Å². The van der Waals surface area contributed by atoms with Gasteiger partial charge in [0.25, 0.3) is 5.91 Å². The van der Waals surface area contributed by atoms with Crippen molar-refractivity contribution >= 4 is 40.8 Å². The fourth-order valence-corrected chi connectivity index (χ4v) is 2.10. The molecule has 1 aromatic heterocycles. The van der Waals surface area contributed by atoms with Crippen LogP contribution in [0.25, 0.3) is 0 Å². The smallest absolute Gasteiger partial charge is 0.337 e. The molecule has 7 heteroatoms. The van der Waals surface area contributed by atoms with Gasteiger partial charge in [-0.2, -0.15) is 0 Å². The van der Waals surface area contributed by atoms with Crippen LogP contribution in [0.15, 0.2) is 36.7 Å². The molecule has 0 radical (unpaired) electrons. The molecule has 2 rings (SSSR count). The van der Waals surface area contributed by atoms with Crippen molar-refractivity contribution in [1.82, 2.24) is 4.98 Å². The Bertz CT molecular complexity index is 669. The summed E-state index contributed by atoms with van der Waals surface area (Å²) in [7, 11) is 0. The molecule has 0 fully saturated rings. The average Bonchev–Trinajstić information content (AvgIpc) is 2.38. The van der Waals surface area contributed by atoms with Crippen LogP contribution < -0.4 is 5.32 Å². The molecule has 5 nitrogen and oxygen atoms in total. The van der Waals surface area contributed by atoms with Gasteiger partial charge in [0.2, 0.25) is 0 Å². The number of nitrogens with one attached hydrogen (secondary N) is 1. The standard InChI is InChI=1S/C13H8Cl2N2O3/c14-9-2-1-3-10(15)11(9)12(18)17-8-4-7(13(19)20)5-16-6-8/h1-6H,(H,17,18)(H,19,20). The molecule has 0 aliphatic carbocycles. The molecule has 0 saturated heterocycles. The number of aromatic carboxylic acids is 1. The van der Waals surface area contributed by atoms with E-state index in [9.17, 15) is 9.59 Å². The first-order valence-corrected chi connectivity index (χ1v) is 6.18. The monoisotopic (exact) mass is 310 g/mol. The third kappa shape index (κ3) is 3.07. The lowest BCUT2D eigenvalue weighted by Gasteiger charge is -2.08. The Morgan fingerprint density at radius 1 is 1.15 bits per heavy atom. The molecule has 0 saturated carbocycles. The number of hydrogen-bond donors (Lipinski definition) is 2. The first-order chi connectivity index (χ1) is 9.49. The Kier molecular flexibility index (Phi) is 4.22. The lowest BCUT2D eigenvalue weighted by molar-refractivity contribution is 0.0696. The van der Waals surface area contributed by atoms with Crippen LogP contribution in [0.3, 0.4) is 0 Å². The van der Waals surface area contributed by atoms with Crippen molar-refractivity contribution in [1.29, 1.82) is 0 Å². The first-order valence-electron chi connectivity index (χ1n) is 5.42. The largest absolute Gasteiger partial charge is 0.478 e. The first kappa shape index (κ1) is 14.3. The average molecular weight is 311 g/mol. The van der Waals surface area contributed by atoms with E-state index in [0.717, 1.165) is 0 Å². The van der Waals surface area contributed by atoms with Crippen LogP contribution >= 0.6 is 23.2 Å². The molecular weight excluding hydrogens is 303 g/mol. The zero-order chi connectivity index (χ0) is 14.7. The highest BCUT2D eigenvalue weighted by Gasteiger charge is 2.15. The number of carbonyl (C=O) groups is 2. The van der Waals surface area contributed by atoms with E-state index in [1.807, 2.05) is 0 Å². The number of pyridine rings is 1. The third-order valence-electron chi connectivity index (χ3n) is 2.43. The highest BCUT2D eigenvalue weighted by molar-refractivity contribution is 6.40. The number of carbonyl (C=O) groups excluding carboxylic acids is 1. The second kappa shape index (κ2) is 5.90. The second-order valence-corrected chi connectivity index (χ2v) is 4.63. The number of aromatic nitrogens is 1. The van der Waals surface area contributed by atoms with E-state index in [1.54, 1.807) is 6.07 Å². The van der Waals surface area contributed by atoms with Crippen molar-refractivity contribution < 1.29 is 14.7 Å². The van der Waals surface area contributed by atoms with E-state index in [1.165, 1.54) is 30.6 Å². The van der Waals surface area contributed by atoms with Gasteiger partial charge in [-0.05, 0) is 18.2 Å². The molecule has 102 valence electrons. The summed E-state index contributed by atoms with van der Waals surface area (Å²) in [5, 5.41) is 11.8. The molecule has 0 aliphatic heterocycles. The molecule has 0 aliphatic rings. The predicted molar refractivity (Wildman–Crippen MR) is 75.6 cm³/mol. The van der Waals surface area contributed by atoms with E-state index >= 15 is 0 Å². The number of carboxylic acids is 1. The minimum absolute atomic E-state index is 0.0342. The van der Waals surface area contributed by atoms with E-state index in [4.69, 9.17) is 28.3 Å². The number of amides is 1. The molecule has 1 amide bonds. The van der Waals surface area contributed by atoms with Gasteiger partial charge >= 0.3 is 5.97 Å². The molecule has 20 heavy (non-hydrogen) atoms. The summed E-state index contributed by atoms with van der Waals surface area (Å²) in [6, 6.07) is 5.98.